The number of nitrogens with zero attached hydrogens (tertiary/aromatic N) is 2. The average Bonchev–Trinajstić information content (AvgIpc) is 2.51. The van der Waals surface area contributed by atoms with E-state index in [0.29, 0.717) is 5.02 Å². The van der Waals surface area contributed by atoms with E-state index in [2.05, 4.69) is 21.0 Å². The fraction of sp³-hybridized carbons (Fsp3) is 0.100. The number of hydrogen-bond donors (Lipinski definition) is 0. The topological polar surface area (TPSA) is 17.8 Å². The molecule has 0 aliphatic heterocycles. The molecule has 0 N–H and O–H groups in total. The molecular weight excluding hydrogens is 263 g/mol. The molecule has 1 aromatic carbocycles. The van der Waals surface area contributed by atoms with Crippen molar-refractivity contribution in [2.75, 3.05) is 0 Å². The van der Waals surface area contributed by atoms with Crippen LogP contribution < -0.4 is 0 Å². The van der Waals surface area contributed by atoms with Crippen molar-refractivity contribution in [1.29, 1.82) is 0 Å². The van der Waals surface area contributed by atoms with Gasteiger partial charge in [-0.1, -0.05) is 27.5 Å². The molecule has 2 aromatic rings. The van der Waals surface area contributed by atoms with Crippen molar-refractivity contribution >= 4 is 27.5 Å². The first-order valence-corrected chi connectivity index (χ1v) is 5.30. The Hall–Kier alpha value is -0.800. The van der Waals surface area contributed by atoms with Crippen LogP contribution in [0.1, 0.15) is 5.56 Å². The normalized spacial score (nSPS) is 10.5. The summed E-state index contributed by atoms with van der Waals surface area (Å²) in [6, 6.07) is 5.73. The molecule has 1 heterocycles. The molecule has 2 nitrogen and oxygen atoms in total. The van der Waals surface area contributed by atoms with Gasteiger partial charge >= 0.3 is 0 Å². The molecule has 72 valence electrons. The number of benzene rings is 1. The molecule has 0 saturated carbocycles. The SMILES string of the molecule is Cc1cnn(-c2ccc(Br)cc2Cl)c1. The summed E-state index contributed by atoms with van der Waals surface area (Å²) in [6.07, 6.45) is 3.74. The third-order valence-electron chi connectivity index (χ3n) is 1.87. The van der Waals surface area contributed by atoms with E-state index in [-0.39, 0.29) is 0 Å². The van der Waals surface area contributed by atoms with Gasteiger partial charge in [-0.05, 0) is 30.7 Å². The Morgan fingerprint density at radius 1 is 1.43 bits per heavy atom. The molecule has 0 unspecified atom stereocenters. The van der Waals surface area contributed by atoms with Crippen molar-refractivity contribution in [3.05, 3.63) is 45.7 Å². The second-order valence-corrected chi connectivity index (χ2v) is 4.38. The van der Waals surface area contributed by atoms with E-state index in [1.54, 1.807) is 10.9 Å². The van der Waals surface area contributed by atoms with E-state index in [1.165, 1.54) is 0 Å². The zero-order valence-corrected chi connectivity index (χ0v) is 9.88. The van der Waals surface area contributed by atoms with Gasteiger partial charge in [0.1, 0.15) is 0 Å². The van der Waals surface area contributed by atoms with E-state index in [1.807, 2.05) is 31.3 Å². The van der Waals surface area contributed by atoms with Crippen LogP contribution >= 0.6 is 27.5 Å². The molecule has 2 rings (SSSR count). The van der Waals surface area contributed by atoms with E-state index in [4.69, 9.17) is 11.6 Å². The van der Waals surface area contributed by atoms with Crippen molar-refractivity contribution in [3.8, 4) is 5.69 Å². The first-order chi connectivity index (χ1) is 6.66. The van der Waals surface area contributed by atoms with E-state index < -0.39 is 0 Å². The molecule has 0 saturated heterocycles. The molecule has 0 radical (unpaired) electrons. The van der Waals surface area contributed by atoms with Gasteiger partial charge in [-0.3, -0.25) is 0 Å². The van der Waals surface area contributed by atoms with Crippen LogP contribution in [0.25, 0.3) is 5.69 Å². The number of aryl methyl sites for hydroxylation is 1. The van der Waals surface area contributed by atoms with Gasteiger partial charge in [-0.2, -0.15) is 5.10 Å². The van der Waals surface area contributed by atoms with Crippen LogP contribution in [0.5, 0.6) is 0 Å². The average molecular weight is 272 g/mol. The summed E-state index contributed by atoms with van der Waals surface area (Å²) < 4.78 is 2.74. The highest BCUT2D eigenvalue weighted by Gasteiger charge is 2.03. The molecule has 4 heteroatoms. The smallest absolute Gasteiger partial charge is 0.0832 e. The molecule has 0 aliphatic rings. The minimum atomic E-state index is 0.683. The molecule has 14 heavy (non-hydrogen) atoms. The Bertz CT molecular complexity index is 465. The number of aromatic nitrogens is 2. The maximum Gasteiger partial charge on any atom is 0.0832 e. The lowest BCUT2D eigenvalue weighted by atomic mass is 10.3. The molecule has 0 aliphatic carbocycles. The first-order valence-electron chi connectivity index (χ1n) is 4.13. The van der Waals surface area contributed by atoms with Gasteiger partial charge in [-0.25, -0.2) is 4.68 Å². The van der Waals surface area contributed by atoms with E-state index >= 15 is 0 Å². The van der Waals surface area contributed by atoms with Crippen LogP contribution in [-0.2, 0) is 0 Å². The highest BCUT2D eigenvalue weighted by molar-refractivity contribution is 9.10. The molecule has 0 amide bonds. The largest absolute Gasteiger partial charge is 0.239 e. The van der Waals surface area contributed by atoms with Gasteiger partial charge in [0.2, 0.25) is 0 Å². The predicted octanol–water partition coefficient (Wildman–Crippen LogP) is 3.60. The van der Waals surface area contributed by atoms with Crippen LogP contribution in [0.2, 0.25) is 5.02 Å². The standard InChI is InChI=1S/C10H8BrClN2/c1-7-5-13-14(6-7)10-3-2-8(11)4-9(10)12/h2-6H,1H3. The van der Waals surface area contributed by atoms with Gasteiger partial charge in [0, 0.05) is 10.7 Å². The van der Waals surface area contributed by atoms with Crippen LogP contribution in [0.3, 0.4) is 0 Å². The zero-order chi connectivity index (χ0) is 10.1. The van der Waals surface area contributed by atoms with Gasteiger partial charge in [-0.15, -0.1) is 0 Å². The summed E-state index contributed by atoms with van der Waals surface area (Å²) in [6.45, 7) is 2.00. The first kappa shape index (κ1) is 9.74. The summed E-state index contributed by atoms with van der Waals surface area (Å²) in [5.41, 5.74) is 2.01. The highest BCUT2D eigenvalue weighted by Crippen LogP contribution is 2.24. The maximum absolute atomic E-state index is 6.08. The summed E-state index contributed by atoms with van der Waals surface area (Å²) in [7, 11) is 0. The molecule has 0 atom stereocenters. The third-order valence-corrected chi connectivity index (χ3v) is 2.66. The lowest BCUT2D eigenvalue weighted by Gasteiger charge is -2.03. The Kier molecular flexibility index (Phi) is 2.61. The number of hydrogen-bond acceptors (Lipinski definition) is 1. The third kappa shape index (κ3) is 1.83. The maximum atomic E-state index is 6.08. The second-order valence-electron chi connectivity index (χ2n) is 3.06. The monoisotopic (exact) mass is 270 g/mol. The summed E-state index contributed by atoms with van der Waals surface area (Å²) in [5, 5.41) is 4.88. The Morgan fingerprint density at radius 2 is 2.21 bits per heavy atom. The fourth-order valence-electron chi connectivity index (χ4n) is 1.21. The fourth-order valence-corrected chi connectivity index (χ4v) is 1.97. The number of rotatable bonds is 1. The van der Waals surface area contributed by atoms with Crippen LogP contribution in [0.4, 0.5) is 0 Å². The molecule has 1 aromatic heterocycles. The van der Waals surface area contributed by atoms with Crippen LogP contribution in [0.15, 0.2) is 35.1 Å². The summed E-state index contributed by atoms with van der Waals surface area (Å²) in [5.74, 6) is 0. The van der Waals surface area contributed by atoms with Crippen molar-refractivity contribution in [2.45, 2.75) is 6.92 Å². The van der Waals surface area contributed by atoms with Crippen LogP contribution in [-0.4, -0.2) is 9.78 Å². The lowest BCUT2D eigenvalue weighted by Crippen LogP contribution is -1.94. The Morgan fingerprint density at radius 3 is 2.79 bits per heavy atom. The Balaban J connectivity index is 2.52. The molecular formula is C10H8BrClN2. The van der Waals surface area contributed by atoms with Gasteiger partial charge in [0.05, 0.1) is 16.9 Å². The van der Waals surface area contributed by atoms with E-state index in [9.17, 15) is 0 Å². The van der Waals surface area contributed by atoms with Crippen molar-refractivity contribution in [2.24, 2.45) is 0 Å². The molecule has 0 fully saturated rings. The number of halogens is 2. The van der Waals surface area contributed by atoms with Gasteiger partial charge in [0.25, 0.3) is 0 Å². The van der Waals surface area contributed by atoms with Crippen LogP contribution in [0, 0.1) is 6.92 Å². The Labute approximate surface area is 95.6 Å². The zero-order valence-electron chi connectivity index (χ0n) is 7.54. The lowest BCUT2D eigenvalue weighted by molar-refractivity contribution is 0.880. The van der Waals surface area contributed by atoms with Crippen molar-refractivity contribution in [1.82, 2.24) is 9.78 Å². The van der Waals surface area contributed by atoms with Gasteiger partial charge in [0.15, 0.2) is 0 Å². The molecule has 0 spiro atoms. The van der Waals surface area contributed by atoms with Gasteiger partial charge < -0.3 is 0 Å². The van der Waals surface area contributed by atoms with Crippen molar-refractivity contribution in [3.63, 3.8) is 0 Å². The predicted molar refractivity (Wildman–Crippen MR) is 61.0 cm³/mol. The minimum absolute atomic E-state index is 0.683. The minimum Gasteiger partial charge on any atom is -0.239 e. The molecule has 0 bridgehead atoms. The van der Waals surface area contributed by atoms with Crippen molar-refractivity contribution < 1.29 is 0 Å². The second kappa shape index (κ2) is 3.75. The van der Waals surface area contributed by atoms with E-state index in [0.717, 1.165) is 15.7 Å². The quantitative estimate of drug-likeness (QED) is 0.775. The highest BCUT2D eigenvalue weighted by atomic mass is 79.9. The summed E-state index contributed by atoms with van der Waals surface area (Å²) in [4.78, 5) is 0. The summed E-state index contributed by atoms with van der Waals surface area (Å²) >= 11 is 9.44.